The summed E-state index contributed by atoms with van der Waals surface area (Å²) in [5, 5.41) is 10.1. The first-order chi connectivity index (χ1) is 17.7. The molecule has 0 aliphatic carbocycles. The number of carbonyl (C=O) groups excluding carboxylic acids is 1. The minimum atomic E-state index is -0.537. The van der Waals surface area contributed by atoms with Crippen LogP contribution in [-0.2, 0) is 17.7 Å². The van der Waals surface area contributed by atoms with Gasteiger partial charge in [-0.05, 0) is 86.6 Å². The second-order valence-corrected chi connectivity index (χ2v) is 11.2. The lowest BCUT2D eigenvalue weighted by Crippen LogP contribution is -2.36. The third-order valence-corrected chi connectivity index (χ3v) is 6.90. The van der Waals surface area contributed by atoms with Crippen LogP contribution in [0.1, 0.15) is 37.5 Å². The van der Waals surface area contributed by atoms with Gasteiger partial charge in [0.05, 0.1) is 11.6 Å². The predicted molar refractivity (Wildman–Crippen MR) is 149 cm³/mol. The number of amides is 1. The molecule has 192 valence electrons. The smallest absolute Gasteiger partial charge is 0.410 e. The Kier molecular flexibility index (Phi) is 8.41. The molecular formula is C31H34ClN3O2. The highest BCUT2D eigenvalue weighted by atomic mass is 35.5. The third-order valence-electron chi connectivity index (χ3n) is 6.65. The number of anilines is 1. The molecule has 0 aromatic heterocycles. The van der Waals surface area contributed by atoms with Crippen LogP contribution in [0.5, 0.6) is 0 Å². The summed E-state index contributed by atoms with van der Waals surface area (Å²) in [6.45, 7) is 8.40. The fourth-order valence-corrected chi connectivity index (χ4v) is 5.05. The SMILES string of the molecule is CC(C)(C)OC(=O)N1C[C@@H](Cc2ccccc2)[C@H](CN(Cc2cccc(C#N)c2)c2ccc(Cl)cc2)C1. The van der Waals surface area contributed by atoms with Gasteiger partial charge < -0.3 is 14.5 Å². The highest BCUT2D eigenvalue weighted by molar-refractivity contribution is 6.30. The van der Waals surface area contributed by atoms with Crippen molar-refractivity contribution in [1.29, 1.82) is 5.26 Å². The number of halogens is 1. The molecule has 0 spiro atoms. The molecule has 3 aromatic rings. The number of likely N-dealkylation sites (tertiary alicyclic amines) is 1. The van der Waals surface area contributed by atoms with E-state index in [1.807, 2.05) is 80.3 Å². The van der Waals surface area contributed by atoms with Crippen LogP contribution in [0, 0.1) is 23.2 Å². The Morgan fingerprint density at radius 2 is 1.68 bits per heavy atom. The normalized spacial score (nSPS) is 17.3. The Bertz CT molecular complexity index is 1230. The van der Waals surface area contributed by atoms with Gasteiger partial charge in [-0.15, -0.1) is 0 Å². The highest BCUT2D eigenvalue weighted by Crippen LogP contribution is 2.31. The van der Waals surface area contributed by atoms with Gasteiger partial charge in [0.25, 0.3) is 0 Å². The van der Waals surface area contributed by atoms with Gasteiger partial charge >= 0.3 is 6.09 Å². The van der Waals surface area contributed by atoms with Crippen LogP contribution in [0.25, 0.3) is 0 Å². The van der Waals surface area contributed by atoms with Crippen LogP contribution in [-0.4, -0.2) is 36.2 Å². The number of ether oxygens (including phenoxy) is 1. The van der Waals surface area contributed by atoms with Gasteiger partial charge in [0.15, 0.2) is 0 Å². The van der Waals surface area contributed by atoms with Gasteiger partial charge in [-0.2, -0.15) is 5.26 Å². The van der Waals surface area contributed by atoms with Crippen molar-refractivity contribution in [1.82, 2.24) is 4.90 Å². The van der Waals surface area contributed by atoms with E-state index in [-0.39, 0.29) is 17.9 Å². The zero-order valence-electron chi connectivity index (χ0n) is 21.7. The monoisotopic (exact) mass is 515 g/mol. The van der Waals surface area contributed by atoms with Crippen molar-refractivity contribution in [2.75, 3.05) is 24.5 Å². The first-order valence-corrected chi connectivity index (χ1v) is 13.1. The van der Waals surface area contributed by atoms with E-state index in [0.717, 1.165) is 24.2 Å². The molecule has 37 heavy (non-hydrogen) atoms. The maximum Gasteiger partial charge on any atom is 0.410 e. The topological polar surface area (TPSA) is 56.6 Å². The van der Waals surface area contributed by atoms with Gasteiger partial charge in [-0.3, -0.25) is 0 Å². The van der Waals surface area contributed by atoms with E-state index in [1.54, 1.807) is 0 Å². The number of hydrogen-bond donors (Lipinski definition) is 0. The number of rotatable bonds is 7. The van der Waals surface area contributed by atoms with E-state index in [0.29, 0.717) is 30.2 Å². The highest BCUT2D eigenvalue weighted by Gasteiger charge is 2.38. The molecule has 0 radical (unpaired) electrons. The molecule has 1 fully saturated rings. The molecule has 1 aliphatic heterocycles. The molecule has 0 unspecified atom stereocenters. The van der Waals surface area contributed by atoms with E-state index in [9.17, 15) is 10.1 Å². The van der Waals surface area contributed by atoms with E-state index in [4.69, 9.17) is 16.3 Å². The first-order valence-electron chi connectivity index (χ1n) is 12.7. The number of hydrogen-bond acceptors (Lipinski definition) is 4. The summed E-state index contributed by atoms with van der Waals surface area (Å²) in [5.41, 5.74) is 3.50. The van der Waals surface area contributed by atoms with Crippen molar-refractivity contribution in [2.24, 2.45) is 11.8 Å². The fourth-order valence-electron chi connectivity index (χ4n) is 4.93. The number of nitrogens with zero attached hydrogens (tertiary/aromatic N) is 3. The first kappa shape index (κ1) is 26.6. The lowest BCUT2D eigenvalue weighted by molar-refractivity contribution is 0.0284. The van der Waals surface area contributed by atoms with Crippen molar-refractivity contribution in [3.8, 4) is 6.07 Å². The van der Waals surface area contributed by atoms with Crippen LogP contribution in [0.15, 0.2) is 78.9 Å². The minimum absolute atomic E-state index is 0.238. The largest absolute Gasteiger partial charge is 0.444 e. The predicted octanol–water partition coefficient (Wildman–Crippen LogP) is 6.94. The Morgan fingerprint density at radius 3 is 2.35 bits per heavy atom. The summed E-state index contributed by atoms with van der Waals surface area (Å²) in [5.74, 6) is 0.526. The zero-order valence-corrected chi connectivity index (χ0v) is 22.5. The molecule has 1 aliphatic rings. The summed E-state index contributed by atoms with van der Waals surface area (Å²) in [6.07, 6.45) is 0.635. The van der Waals surface area contributed by atoms with E-state index in [1.165, 1.54) is 5.56 Å². The van der Waals surface area contributed by atoms with Gasteiger partial charge in [0, 0.05) is 36.9 Å². The lowest BCUT2D eigenvalue weighted by Gasteiger charge is -2.30. The summed E-state index contributed by atoms with van der Waals surface area (Å²) in [6, 6.07) is 28.3. The summed E-state index contributed by atoms with van der Waals surface area (Å²) >= 11 is 6.19. The van der Waals surface area contributed by atoms with Crippen LogP contribution in [0.3, 0.4) is 0 Å². The average Bonchev–Trinajstić information content (AvgIpc) is 3.26. The van der Waals surface area contributed by atoms with Crippen molar-refractivity contribution < 1.29 is 9.53 Å². The van der Waals surface area contributed by atoms with E-state index in [2.05, 4.69) is 35.2 Å². The molecule has 0 N–H and O–H groups in total. The standard InChI is InChI=1S/C31H34ClN3O2/c1-31(2,3)37-30(36)35-20-26(17-23-8-5-4-6-9-23)27(22-35)21-34(29-14-12-28(32)13-15-29)19-25-11-7-10-24(16-25)18-33/h4-16,26-27H,17,19-22H2,1-3H3/t26-,27-/m1/s1. The molecule has 0 saturated carbocycles. The second-order valence-electron chi connectivity index (χ2n) is 10.8. The van der Waals surface area contributed by atoms with Crippen molar-refractivity contribution in [3.63, 3.8) is 0 Å². The fraction of sp³-hybridized carbons (Fsp3) is 0.355. The zero-order chi connectivity index (χ0) is 26.4. The van der Waals surface area contributed by atoms with Gasteiger partial charge in [0.1, 0.15) is 5.60 Å². The van der Waals surface area contributed by atoms with Gasteiger partial charge in [0.2, 0.25) is 0 Å². The molecule has 6 heteroatoms. The van der Waals surface area contributed by atoms with Gasteiger partial charge in [-0.25, -0.2) is 4.79 Å². The summed E-state index contributed by atoms with van der Waals surface area (Å²) < 4.78 is 5.72. The minimum Gasteiger partial charge on any atom is -0.444 e. The van der Waals surface area contributed by atoms with Crippen LogP contribution in [0.2, 0.25) is 5.02 Å². The molecule has 4 rings (SSSR count). The van der Waals surface area contributed by atoms with Crippen LogP contribution >= 0.6 is 11.6 Å². The van der Waals surface area contributed by atoms with Crippen LogP contribution in [0.4, 0.5) is 10.5 Å². The summed E-state index contributed by atoms with van der Waals surface area (Å²) in [4.78, 5) is 17.2. The maximum absolute atomic E-state index is 13.0. The second kappa shape index (κ2) is 11.7. The number of carbonyl (C=O) groups is 1. The molecule has 1 amide bonds. The number of benzene rings is 3. The Morgan fingerprint density at radius 1 is 1.00 bits per heavy atom. The summed E-state index contributed by atoms with van der Waals surface area (Å²) in [7, 11) is 0. The third kappa shape index (κ3) is 7.50. The molecule has 0 bridgehead atoms. The maximum atomic E-state index is 13.0. The Labute approximate surface area is 225 Å². The molecule has 3 aromatic carbocycles. The Balaban J connectivity index is 1.60. The average molecular weight is 516 g/mol. The van der Waals surface area contributed by atoms with Gasteiger partial charge in [-0.1, -0.05) is 54.1 Å². The molecular weight excluding hydrogens is 482 g/mol. The van der Waals surface area contributed by atoms with Crippen molar-refractivity contribution in [2.45, 2.75) is 39.3 Å². The van der Waals surface area contributed by atoms with Crippen LogP contribution < -0.4 is 4.90 Å². The Hall–Kier alpha value is -3.49. The van der Waals surface area contributed by atoms with E-state index < -0.39 is 5.60 Å². The molecule has 1 heterocycles. The van der Waals surface area contributed by atoms with Crippen molar-refractivity contribution in [3.05, 3.63) is 101 Å². The molecule has 2 atom stereocenters. The van der Waals surface area contributed by atoms with E-state index >= 15 is 0 Å². The van der Waals surface area contributed by atoms with Crippen molar-refractivity contribution >= 4 is 23.4 Å². The number of nitriles is 1. The lowest BCUT2D eigenvalue weighted by atomic mass is 9.89. The molecule has 1 saturated heterocycles. The quantitative estimate of drug-likeness (QED) is 0.342. The molecule has 5 nitrogen and oxygen atoms in total.